The Hall–Kier alpha value is -7.26. The summed E-state index contributed by atoms with van der Waals surface area (Å²) in [6.45, 7) is 2.45. The number of carbonyl (C=O) groups is 6. The summed E-state index contributed by atoms with van der Waals surface area (Å²) in [5.74, 6) is -3.19. The maximum atomic E-state index is 14.5. The van der Waals surface area contributed by atoms with Gasteiger partial charge in [-0.1, -0.05) is 93.6 Å². The topological polar surface area (TPSA) is 112 Å². The maximum absolute atomic E-state index is 14.5. The fourth-order valence-electron chi connectivity index (χ4n) is 9.84. The second kappa shape index (κ2) is 12.9. The Morgan fingerprint density at radius 3 is 1.25 bits per heavy atom. The van der Waals surface area contributed by atoms with Crippen LogP contribution in [0.15, 0.2) is 109 Å². The molecule has 0 fully saturated rings. The molecule has 9 nitrogen and oxygen atoms in total. The summed E-state index contributed by atoms with van der Waals surface area (Å²) >= 11 is 0. The van der Waals surface area contributed by atoms with Crippen molar-refractivity contribution in [2.24, 2.45) is 0 Å². The molecule has 6 amide bonds. The van der Waals surface area contributed by atoms with Crippen LogP contribution in [0.3, 0.4) is 0 Å². The van der Waals surface area contributed by atoms with Crippen LogP contribution in [0.1, 0.15) is 108 Å². The van der Waals surface area contributed by atoms with E-state index in [2.05, 4.69) is 31.2 Å². The molecular weight excluding hydrogens is 739 g/mol. The van der Waals surface area contributed by atoms with Gasteiger partial charge in [0.15, 0.2) is 0 Å². The summed E-state index contributed by atoms with van der Waals surface area (Å²) in [7, 11) is 0. The zero-order chi connectivity index (χ0) is 40.3. The summed E-state index contributed by atoms with van der Waals surface area (Å²) < 4.78 is 0. The molecule has 8 aromatic carbocycles. The third kappa shape index (κ3) is 4.78. The number of rotatable bonds is 9. The first-order chi connectivity index (χ1) is 28.8. The van der Waals surface area contributed by atoms with Crippen LogP contribution in [0.2, 0.25) is 0 Å². The minimum atomic E-state index is -0.644. The van der Waals surface area contributed by atoms with Crippen LogP contribution < -0.4 is 9.80 Å². The van der Waals surface area contributed by atoms with Gasteiger partial charge in [-0.05, 0) is 98.7 Å². The van der Waals surface area contributed by atoms with Crippen LogP contribution in [-0.4, -0.2) is 46.9 Å². The normalized spacial score (nSPS) is 15.1. The van der Waals surface area contributed by atoms with E-state index in [1.807, 2.05) is 24.3 Å². The highest BCUT2D eigenvalue weighted by Crippen LogP contribution is 2.45. The van der Waals surface area contributed by atoms with Gasteiger partial charge in [-0.2, -0.15) is 0 Å². The number of anilines is 2. The lowest BCUT2D eigenvalue weighted by Gasteiger charge is -2.32. The lowest BCUT2D eigenvalue weighted by Crippen LogP contribution is -2.44. The summed E-state index contributed by atoms with van der Waals surface area (Å²) in [6, 6.07) is 32.3. The number of fused-ring (bicyclic) bond motifs is 2. The molecule has 0 saturated heterocycles. The van der Waals surface area contributed by atoms with Crippen LogP contribution >= 0.6 is 0 Å². The van der Waals surface area contributed by atoms with Crippen molar-refractivity contribution in [2.75, 3.05) is 16.3 Å². The monoisotopic (exact) mass is 773 g/mol. The van der Waals surface area contributed by atoms with Gasteiger partial charge in [0, 0.05) is 56.1 Å². The summed E-state index contributed by atoms with van der Waals surface area (Å²) in [5, 5.41) is 8.32. The number of nitrogens with zero attached hydrogens (tertiary/aromatic N) is 3. The lowest BCUT2D eigenvalue weighted by molar-refractivity contribution is 0.0605. The van der Waals surface area contributed by atoms with Crippen molar-refractivity contribution in [3.8, 4) is 0 Å². The molecule has 286 valence electrons. The van der Waals surface area contributed by atoms with Crippen molar-refractivity contribution in [1.29, 1.82) is 0 Å². The molecule has 59 heavy (non-hydrogen) atoms. The van der Waals surface area contributed by atoms with Gasteiger partial charge >= 0.3 is 0 Å². The van der Waals surface area contributed by atoms with Crippen molar-refractivity contribution < 1.29 is 28.8 Å². The molecule has 3 aliphatic rings. The number of hydrogen-bond acceptors (Lipinski definition) is 6. The number of carbonyl (C=O) groups excluding carboxylic acids is 6. The highest BCUT2D eigenvalue weighted by atomic mass is 16.2. The maximum Gasteiger partial charge on any atom is 0.265 e. The molecule has 3 heterocycles. The summed E-state index contributed by atoms with van der Waals surface area (Å²) in [6.07, 6.45) is 6.05. The Morgan fingerprint density at radius 2 is 0.763 bits per heavy atom. The Kier molecular flexibility index (Phi) is 7.63. The lowest BCUT2D eigenvalue weighted by atomic mass is 9.84. The van der Waals surface area contributed by atoms with Gasteiger partial charge in [0.05, 0.1) is 11.4 Å². The zero-order valence-corrected chi connectivity index (χ0v) is 32.1. The van der Waals surface area contributed by atoms with Crippen LogP contribution in [-0.2, 0) is 0 Å². The van der Waals surface area contributed by atoms with Gasteiger partial charge in [-0.25, -0.2) is 9.80 Å². The van der Waals surface area contributed by atoms with Gasteiger partial charge in [0.1, 0.15) is 0 Å². The number of hydrogen-bond donors (Lipinski definition) is 0. The highest BCUT2D eigenvalue weighted by Gasteiger charge is 2.41. The molecular formula is C50H35N3O6. The Labute approximate surface area is 337 Å². The van der Waals surface area contributed by atoms with Crippen molar-refractivity contribution in [2.45, 2.75) is 45.4 Å². The zero-order valence-electron chi connectivity index (χ0n) is 32.1. The predicted octanol–water partition coefficient (Wildman–Crippen LogP) is 10.4. The largest absolute Gasteiger partial charge is 0.274 e. The first-order valence-electron chi connectivity index (χ1n) is 20.2. The van der Waals surface area contributed by atoms with Gasteiger partial charge < -0.3 is 0 Å². The molecule has 0 aromatic heterocycles. The molecule has 0 bridgehead atoms. The molecule has 0 atom stereocenters. The summed E-state index contributed by atoms with van der Waals surface area (Å²) in [4.78, 5) is 88.5. The van der Waals surface area contributed by atoms with Crippen molar-refractivity contribution >= 4 is 101 Å². The van der Waals surface area contributed by atoms with E-state index in [0.29, 0.717) is 34.9 Å². The van der Waals surface area contributed by atoms with E-state index in [1.165, 1.54) is 11.0 Å². The standard InChI is InChI=1S/C50H35N3O6/c1-2-3-4-5-6-7-25-51-45(54)34-21-23-38-44-39(24-22-35(42(34)44)46(51)55)50(59)53(49(38)58)29-14-10-13-28(26-29)52-47(56)36-19-17-32-30-15-8-11-27-12-9-16-31(40(27)30)33-18-20-37(48(52)57)43(36)41(32)33/h8-24,26H,2-7,25H2,1H3. The molecule has 11 rings (SSSR count). The second-order valence-electron chi connectivity index (χ2n) is 15.8. The van der Waals surface area contributed by atoms with E-state index >= 15 is 0 Å². The van der Waals surface area contributed by atoms with E-state index in [0.717, 1.165) is 79.6 Å². The molecule has 0 N–H and O–H groups in total. The first-order valence-corrected chi connectivity index (χ1v) is 20.2. The van der Waals surface area contributed by atoms with Crippen LogP contribution in [0.5, 0.6) is 0 Å². The molecule has 3 aliphatic heterocycles. The molecule has 0 aliphatic carbocycles. The quantitative estimate of drug-likeness (QED) is 0.0625. The Bertz CT molecular complexity index is 3090. The van der Waals surface area contributed by atoms with E-state index in [4.69, 9.17) is 0 Å². The average Bonchev–Trinajstić information content (AvgIpc) is 3.25. The number of amides is 6. The minimum absolute atomic E-state index is 0.162. The summed E-state index contributed by atoms with van der Waals surface area (Å²) in [5.41, 5.74) is 2.03. The number of benzene rings is 8. The van der Waals surface area contributed by atoms with Gasteiger partial charge in [-0.3, -0.25) is 33.7 Å². The first kappa shape index (κ1) is 34.9. The molecule has 0 unspecified atom stereocenters. The molecule has 0 spiro atoms. The third-order valence-electron chi connectivity index (χ3n) is 12.6. The smallest absolute Gasteiger partial charge is 0.265 e. The number of imide groups is 3. The Balaban J connectivity index is 0.946. The fourth-order valence-corrected chi connectivity index (χ4v) is 9.84. The van der Waals surface area contributed by atoms with Crippen molar-refractivity contribution in [3.05, 3.63) is 143 Å². The SMILES string of the molecule is CCCCCCCCN1C(=O)c2ccc3c4c(ccc(c24)C1=O)C(=O)N(c1cccc(N2C(=O)c4ccc5c6cccc7cccc(c8ccc(c4c58)C2=O)c76)c1)C3=O. The van der Waals surface area contributed by atoms with Crippen molar-refractivity contribution in [1.82, 2.24) is 4.90 Å². The van der Waals surface area contributed by atoms with Crippen LogP contribution in [0.4, 0.5) is 11.4 Å². The van der Waals surface area contributed by atoms with Crippen LogP contribution in [0.25, 0.3) is 53.9 Å². The van der Waals surface area contributed by atoms with E-state index < -0.39 is 35.4 Å². The van der Waals surface area contributed by atoms with Gasteiger partial charge in [-0.15, -0.1) is 0 Å². The molecule has 8 aromatic rings. The van der Waals surface area contributed by atoms with E-state index in [9.17, 15) is 28.8 Å². The predicted molar refractivity (Wildman–Crippen MR) is 229 cm³/mol. The van der Waals surface area contributed by atoms with Gasteiger partial charge in [0.25, 0.3) is 35.4 Å². The fraction of sp³-hybridized carbons (Fsp3) is 0.160. The number of unbranched alkanes of at least 4 members (excludes halogenated alkanes) is 5. The molecule has 0 radical (unpaired) electrons. The van der Waals surface area contributed by atoms with Crippen LogP contribution in [0, 0.1) is 0 Å². The highest BCUT2D eigenvalue weighted by molar-refractivity contribution is 6.43. The molecule has 0 saturated carbocycles. The molecule has 9 heteroatoms. The van der Waals surface area contributed by atoms with E-state index in [1.54, 1.807) is 54.6 Å². The van der Waals surface area contributed by atoms with E-state index in [-0.39, 0.29) is 39.0 Å². The third-order valence-corrected chi connectivity index (χ3v) is 12.6. The Morgan fingerprint density at radius 1 is 0.373 bits per heavy atom. The van der Waals surface area contributed by atoms with Crippen molar-refractivity contribution in [3.63, 3.8) is 0 Å². The minimum Gasteiger partial charge on any atom is -0.274 e. The second-order valence-corrected chi connectivity index (χ2v) is 15.8. The average molecular weight is 774 g/mol. The van der Waals surface area contributed by atoms with Gasteiger partial charge in [0.2, 0.25) is 0 Å².